The Morgan fingerprint density at radius 2 is 1.84 bits per heavy atom. The summed E-state index contributed by atoms with van der Waals surface area (Å²) < 4.78 is 1.90. The Morgan fingerprint density at radius 1 is 1.12 bits per heavy atom. The Kier molecular flexibility index (Phi) is 5.56. The fourth-order valence-corrected chi connectivity index (χ4v) is 3.15. The molecule has 0 spiro atoms. The average molecular weight is 351 g/mol. The normalized spacial score (nSPS) is 10.6. The summed E-state index contributed by atoms with van der Waals surface area (Å²) in [6.45, 7) is 2.71. The monoisotopic (exact) mass is 351 g/mol. The zero-order chi connectivity index (χ0) is 17.6. The van der Waals surface area contributed by atoms with Gasteiger partial charge in [0.25, 0.3) is 5.91 Å². The van der Waals surface area contributed by atoms with Crippen LogP contribution in [0, 0.1) is 0 Å². The lowest BCUT2D eigenvalue weighted by Gasteiger charge is -2.09. The molecule has 0 unspecified atom stereocenters. The predicted molar refractivity (Wildman–Crippen MR) is 103 cm³/mol. The van der Waals surface area contributed by atoms with Crippen molar-refractivity contribution < 1.29 is 4.79 Å². The molecule has 0 aliphatic carbocycles. The van der Waals surface area contributed by atoms with E-state index in [0.717, 1.165) is 17.8 Å². The van der Waals surface area contributed by atoms with Crippen molar-refractivity contribution in [2.75, 3.05) is 11.6 Å². The molecule has 0 saturated heterocycles. The maximum Gasteiger partial charge on any atom is 0.259 e. The zero-order valence-electron chi connectivity index (χ0n) is 14.4. The van der Waals surface area contributed by atoms with Gasteiger partial charge in [-0.1, -0.05) is 37.3 Å². The van der Waals surface area contributed by atoms with Gasteiger partial charge in [-0.05, 0) is 42.5 Å². The first kappa shape index (κ1) is 17.3. The van der Waals surface area contributed by atoms with E-state index >= 15 is 0 Å². The van der Waals surface area contributed by atoms with E-state index in [4.69, 9.17) is 0 Å². The molecule has 3 rings (SSSR count). The molecule has 1 aromatic heterocycles. The Labute approximate surface area is 152 Å². The third kappa shape index (κ3) is 4.12. The number of amides is 1. The van der Waals surface area contributed by atoms with Gasteiger partial charge < -0.3 is 5.32 Å². The van der Waals surface area contributed by atoms with Crippen molar-refractivity contribution in [1.82, 2.24) is 9.78 Å². The molecule has 0 aliphatic rings. The fraction of sp³-hybridized carbons (Fsp3) is 0.200. The van der Waals surface area contributed by atoms with Crippen molar-refractivity contribution in [3.05, 3.63) is 77.6 Å². The molecular formula is C20H21N3OS. The van der Waals surface area contributed by atoms with Gasteiger partial charge in [-0.2, -0.15) is 5.10 Å². The molecule has 0 fully saturated rings. The number of carbonyl (C=O) groups is 1. The van der Waals surface area contributed by atoms with E-state index < -0.39 is 0 Å². The van der Waals surface area contributed by atoms with Crippen LogP contribution in [0.1, 0.15) is 28.5 Å². The van der Waals surface area contributed by atoms with Crippen LogP contribution in [0.25, 0.3) is 0 Å². The molecule has 0 atom stereocenters. The molecule has 0 radical (unpaired) electrons. The summed E-state index contributed by atoms with van der Waals surface area (Å²) in [5.74, 6) is -0.118. The van der Waals surface area contributed by atoms with Gasteiger partial charge in [0.15, 0.2) is 0 Å². The van der Waals surface area contributed by atoms with Crippen LogP contribution in [0.5, 0.6) is 0 Å². The van der Waals surface area contributed by atoms with Crippen LogP contribution in [-0.4, -0.2) is 21.9 Å². The van der Waals surface area contributed by atoms with Crippen LogP contribution < -0.4 is 5.32 Å². The second-order valence-corrected chi connectivity index (χ2v) is 6.56. The second kappa shape index (κ2) is 8.03. The quantitative estimate of drug-likeness (QED) is 0.667. The van der Waals surface area contributed by atoms with Gasteiger partial charge in [0.2, 0.25) is 0 Å². The minimum atomic E-state index is -0.118. The lowest BCUT2D eigenvalue weighted by molar-refractivity contribution is 0.102. The summed E-state index contributed by atoms with van der Waals surface area (Å²) in [6, 6.07) is 18.0. The highest BCUT2D eigenvalue weighted by atomic mass is 32.2. The number of hydrogen-bond donors (Lipinski definition) is 1. The number of benzene rings is 2. The van der Waals surface area contributed by atoms with Crippen LogP contribution in [-0.2, 0) is 13.0 Å². The van der Waals surface area contributed by atoms with Crippen LogP contribution in [0.15, 0.2) is 65.7 Å². The molecule has 25 heavy (non-hydrogen) atoms. The van der Waals surface area contributed by atoms with Crippen LogP contribution in [0.4, 0.5) is 5.69 Å². The molecule has 3 aromatic rings. The molecule has 2 aromatic carbocycles. The van der Waals surface area contributed by atoms with Crippen molar-refractivity contribution in [1.29, 1.82) is 0 Å². The topological polar surface area (TPSA) is 46.9 Å². The summed E-state index contributed by atoms with van der Waals surface area (Å²) in [5.41, 5.74) is 3.54. The summed E-state index contributed by atoms with van der Waals surface area (Å²) >= 11 is 1.68. The molecule has 0 aliphatic heterocycles. The van der Waals surface area contributed by atoms with E-state index in [-0.39, 0.29) is 5.91 Å². The van der Waals surface area contributed by atoms with Gasteiger partial charge in [-0.15, -0.1) is 11.8 Å². The third-order valence-corrected chi connectivity index (χ3v) is 4.79. The van der Waals surface area contributed by atoms with E-state index in [1.165, 1.54) is 10.5 Å². The maximum absolute atomic E-state index is 12.6. The Hall–Kier alpha value is -2.53. The number of aromatic nitrogens is 2. The molecule has 1 amide bonds. The standard InChI is InChI=1S/C20H21N3OS/c1-3-19-18(13-21-23(19)14-15-7-5-4-6-8-15)20(24)22-16-9-11-17(25-2)12-10-16/h4-13H,3,14H2,1-2H3,(H,22,24). The first-order chi connectivity index (χ1) is 12.2. The van der Waals surface area contributed by atoms with Gasteiger partial charge in [0, 0.05) is 10.6 Å². The van der Waals surface area contributed by atoms with Crippen molar-refractivity contribution in [2.24, 2.45) is 0 Å². The lowest BCUT2D eigenvalue weighted by atomic mass is 10.1. The second-order valence-electron chi connectivity index (χ2n) is 5.68. The molecular weight excluding hydrogens is 330 g/mol. The zero-order valence-corrected chi connectivity index (χ0v) is 15.2. The number of anilines is 1. The molecule has 128 valence electrons. The lowest BCUT2D eigenvalue weighted by Crippen LogP contribution is -2.15. The average Bonchev–Trinajstić information content (AvgIpc) is 3.06. The van der Waals surface area contributed by atoms with Gasteiger partial charge in [-0.3, -0.25) is 9.48 Å². The largest absolute Gasteiger partial charge is 0.322 e. The SMILES string of the molecule is CCc1c(C(=O)Nc2ccc(SC)cc2)cnn1Cc1ccccc1. The minimum Gasteiger partial charge on any atom is -0.322 e. The van der Waals surface area contributed by atoms with Crippen molar-refractivity contribution in [2.45, 2.75) is 24.8 Å². The van der Waals surface area contributed by atoms with E-state index in [9.17, 15) is 4.79 Å². The minimum absolute atomic E-state index is 0.118. The van der Waals surface area contributed by atoms with E-state index in [1.807, 2.05) is 60.3 Å². The third-order valence-electron chi connectivity index (χ3n) is 4.05. The number of nitrogens with one attached hydrogen (secondary N) is 1. The molecule has 0 saturated carbocycles. The summed E-state index contributed by atoms with van der Waals surface area (Å²) in [4.78, 5) is 13.8. The molecule has 0 bridgehead atoms. The highest BCUT2D eigenvalue weighted by Gasteiger charge is 2.16. The number of carbonyl (C=O) groups excluding carboxylic acids is 1. The van der Waals surface area contributed by atoms with Crippen molar-refractivity contribution in [3.63, 3.8) is 0 Å². The number of rotatable bonds is 6. The molecule has 1 heterocycles. The summed E-state index contributed by atoms with van der Waals surface area (Å²) in [6.07, 6.45) is 4.44. The van der Waals surface area contributed by atoms with Gasteiger partial charge in [0.05, 0.1) is 24.0 Å². The predicted octanol–water partition coefficient (Wildman–Crippen LogP) is 4.47. The van der Waals surface area contributed by atoms with Gasteiger partial charge in [-0.25, -0.2) is 0 Å². The van der Waals surface area contributed by atoms with Crippen LogP contribution in [0.2, 0.25) is 0 Å². The highest BCUT2D eigenvalue weighted by Crippen LogP contribution is 2.19. The molecule has 1 N–H and O–H groups in total. The fourth-order valence-electron chi connectivity index (χ4n) is 2.74. The van der Waals surface area contributed by atoms with Crippen LogP contribution >= 0.6 is 11.8 Å². The number of thioether (sulfide) groups is 1. The summed E-state index contributed by atoms with van der Waals surface area (Å²) in [5, 5.41) is 7.38. The maximum atomic E-state index is 12.6. The highest BCUT2D eigenvalue weighted by molar-refractivity contribution is 7.98. The Morgan fingerprint density at radius 3 is 2.48 bits per heavy atom. The summed E-state index contributed by atoms with van der Waals surface area (Å²) in [7, 11) is 0. The van der Waals surface area contributed by atoms with Crippen molar-refractivity contribution in [3.8, 4) is 0 Å². The van der Waals surface area contributed by atoms with Gasteiger partial charge in [0.1, 0.15) is 0 Å². The van der Waals surface area contributed by atoms with Gasteiger partial charge >= 0.3 is 0 Å². The van der Waals surface area contributed by atoms with Crippen molar-refractivity contribution >= 4 is 23.4 Å². The Balaban J connectivity index is 1.78. The van der Waals surface area contributed by atoms with Crippen LogP contribution in [0.3, 0.4) is 0 Å². The van der Waals surface area contributed by atoms with E-state index in [0.29, 0.717) is 12.1 Å². The first-order valence-corrected chi connectivity index (χ1v) is 9.47. The number of nitrogens with zero attached hydrogens (tertiary/aromatic N) is 2. The Bertz CT molecular complexity index is 841. The van der Waals surface area contributed by atoms with E-state index in [2.05, 4.69) is 22.5 Å². The molecule has 5 heteroatoms. The number of hydrogen-bond acceptors (Lipinski definition) is 3. The van der Waals surface area contributed by atoms with E-state index in [1.54, 1.807) is 18.0 Å². The first-order valence-electron chi connectivity index (χ1n) is 8.25. The smallest absolute Gasteiger partial charge is 0.259 e. The molecule has 4 nitrogen and oxygen atoms in total.